The molecule has 0 radical (unpaired) electrons. The van der Waals surface area contributed by atoms with Crippen molar-refractivity contribution < 1.29 is 31.5 Å². The zero-order valence-electron chi connectivity index (χ0n) is 14.2. The van der Waals surface area contributed by atoms with Crippen molar-refractivity contribution in [2.75, 3.05) is 11.4 Å². The molecule has 0 N–H and O–H groups in total. The van der Waals surface area contributed by atoms with Crippen LogP contribution in [-0.2, 0) is 4.79 Å². The largest absolute Gasteiger partial charge is 0.476 e. The van der Waals surface area contributed by atoms with E-state index >= 15 is 0 Å². The number of carbonyl (C=O) groups is 1. The molecule has 0 spiro atoms. The Bertz CT molecular complexity index is 1010. The lowest BCUT2D eigenvalue weighted by atomic mass is 9.98. The number of amides is 1. The summed E-state index contributed by atoms with van der Waals surface area (Å²) in [5.74, 6) is -6.62. The highest BCUT2D eigenvalue weighted by Gasteiger charge is 2.41. The molecule has 0 aliphatic carbocycles. The maximum Gasteiger partial charge on any atom is 0.271 e. The molecule has 0 unspecified atom stereocenters. The second kappa shape index (κ2) is 6.27. The Balaban J connectivity index is 2.28. The van der Waals surface area contributed by atoms with E-state index in [4.69, 9.17) is 11.2 Å². The fraction of sp³-hybridized carbons (Fsp3) is 0.211. The van der Waals surface area contributed by atoms with E-state index in [-0.39, 0.29) is 24.0 Å². The fourth-order valence-corrected chi connectivity index (χ4v) is 2.84. The van der Waals surface area contributed by atoms with Gasteiger partial charge in [0, 0.05) is 17.7 Å². The number of nitrogens with zero attached hydrogens (tertiary/aromatic N) is 1. The minimum atomic E-state index is -1.95. The molecule has 1 aliphatic rings. The number of hydrogen-bond acceptors (Lipinski definition) is 2. The van der Waals surface area contributed by atoms with E-state index in [2.05, 4.69) is 5.92 Å². The summed E-state index contributed by atoms with van der Waals surface area (Å²) in [7, 11) is 0. The molecular weight excluding hydrogens is 369 g/mol. The number of rotatable bonds is 2. The third-order valence-corrected chi connectivity index (χ3v) is 4.10. The summed E-state index contributed by atoms with van der Waals surface area (Å²) in [5, 5.41) is 0. The molecule has 2 aromatic carbocycles. The summed E-state index contributed by atoms with van der Waals surface area (Å²) in [6, 6.07) is 1.83. The van der Waals surface area contributed by atoms with Gasteiger partial charge < -0.3 is 4.74 Å². The van der Waals surface area contributed by atoms with Crippen LogP contribution in [0, 0.1) is 41.4 Å². The Labute approximate surface area is 151 Å². The summed E-state index contributed by atoms with van der Waals surface area (Å²) < 4.78 is 74.9. The zero-order valence-corrected chi connectivity index (χ0v) is 14.2. The van der Waals surface area contributed by atoms with E-state index in [0.29, 0.717) is 0 Å². The number of carbonyl (C=O) groups excluding carboxylic acids is 1. The maximum absolute atomic E-state index is 14.5. The quantitative estimate of drug-likeness (QED) is 0.338. The van der Waals surface area contributed by atoms with Gasteiger partial charge in [-0.1, -0.05) is 5.92 Å². The van der Waals surface area contributed by atoms with Crippen LogP contribution >= 0.6 is 0 Å². The highest BCUT2D eigenvalue weighted by Crippen LogP contribution is 2.43. The number of fused-ring (bicyclic) bond motifs is 1. The number of ether oxygens (including phenoxy) is 1. The van der Waals surface area contributed by atoms with Gasteiger partial charge in [-0.05, 0) is 19.9 Å². The molecule has 1 heterocycles. The molecule has 1 aliphatic heterocycles. The Kier molecular flexibility index (Phi) is 4.34. The number of anilines is 1. The van der Waals surface area contributed by atoms with Gasteiger partial charge >= 0.3 is 0 Å². The normalized spacial score (nSPS) is 15.2. The lowest BCUT2D eigenvalue weighted by Gasteiger charge is -2.38. The first kappa shape index (κ1) is 18.7. The molecule has 3 nitrogen and oxygen atoms in total. The van der Waals surface area contributed by atoms with Crippen molar-refractivity contribution in [1.29, 1.82) is 0 Å². The molecule has 0 bridgehead atoms. The topological polar surface area (TPSA) is 29.5 Å². The second-order valence-corrected chi connectivity index (χ2v) is 6.35. The van der Waals surface area contributed by atoms with Crippen LogP contribution < -0.4 is 9.64 Å². The first-order valence-electron chi connectivity index (χ1n) is 7.70. The second-order valence-electron chi connectivity index (χ2n) is 6.35. The number of halogens is 5. The molecule has 0 saturated carbocycles. The van der Waals surface area contributed by atoms with Crippen LogP contribution in [0.2, 0.25) is 0 Å². The van der Waals surface area contributed by atoms with Crippen molar-refractivity contribution in [3.8, 4) is 29.2 Å². The van der Waals surface area contributed by atoms with E-state index in [0.717, 1.165) is 17.0 Å². The van der Waals surface area contributed by atoms with Gasteiger partial charge in [-0.2, -0.15) is 0 Å². The van der Waals surface area contributed by atoms with Gasteiger partial charge in [0.05, 0.1) is 17.8 Å². The lowest BCUT2D eigenvalue weighted by molar-refractivity contribution is -0.132. The molecule has 1 amide bonds. The summed E-state index contributed by atoms with van der Waals surface area (Å²) in [4.78, 5) is 13.6. The van der Waals surface area contributed by atoms with E-state index in [1.165, 1.54) is 13.8 Å². The van der Waals surface area contributed by atoms with Gasteiger partial charge in [-0.3, -0.25) is 9.69 Å². The number of benzene rings is 2. The number of hydrogen-bond donors (Lipinski definition) is 0. The van der Waals surface area contributed by atoms with Gasteiger partial charge in [0.15, 0.2) is 23.1 Å². The van der Waals surface area contributed by atoms with Gasteiger partial charge in [0.2, 0.25) is 0 Å². The zero-order chi connectivity index (χ0) is 20.1. The van der Waals surface area contributed by atoms with Crippen molar-refractivity contribution in [1.82, 2.24) is 0 Å². The van der Waals surface area contributed by atoms with Crippen molar-refractivity contribution in [3.05, 3.63) is 47.3 Å². The molecule has 27 heavy (non-hydrogen) atoms. The first-order valence-corrected chi connectivity index (χ1v) is 7.70. The van der Waals surface area contributed by atoms with Crippen LogP contribution in [0.3, 0.4) is 0 Å². The number of terminal acetylenes is 1. The first-order chi connectivity index (χ1) is 12.6. The van der Waals surface area contributed by atoms with Crippen molar-refractivity contribution in [3.63, 3.8) is 0 Å². The Morgan fingerprint density at radius 2 is 1.70 bits per heavy atom. The molecule has 140 valence electrons. The minimum absolute atomic E-state index is 0.0443. The Morgan fingerprint density at radius 3 is 2.33 bits per heavy atom. The third kappa shape index (κ3) is 2.89. The van der Waals surface area contributed by atoms with E-state index < -0.39 is 51.7 Å². The van der Waals surface area contributed by atoms with Crippen LogP contribution in [0.15, 0.2) is 18.2 Å². The molecule has 3 rings (SSSR count). The van der Waals surface area contributed by atoms with Gasteiger partial charge in [-0.25, -0.2) is 22.0 Å². The van der Waals surface area contributed by atoms with Crippen LogP contribution in [0.1, 0.15) is 13.8 Å². The summed E-state index contributed by atoms with van der Waals surface area (Å²) in [6.45, 7) is 2.68. The predicted octanol–water partition coefficient (Wildman–Crippen LogP) is 4.19. The van der Waals surface area contributed by atoms with E-state index in [1.54, 1.807) is 0 Å². The lowest BCUT2D eigenvalue weighted by Crippen LogP contribution is -2.52. The van der Waals surface area contributed by atoms with Crippen LogP contribution in [0.5, 0.6) is 5.75 Å². The van der Waals surface area contributed by atoms with Gasteiger partial charge in [0.1, 0.15) is 17.4 Å². The summed E-state index contributed by atoms with van der Waals surface area (Å²) in [5.41, 5.74) is -3.21. The smallest absolute Gasteiger partial charge is 0.271 e. The average Bonchev–Trinajstić information content (AvgIpc) is 2.58. The molecule has 2 aromatic rings. The summed E-state index contributed by atoms with van der Waals surface area (Å²) in [6.07, 6.45) is 5.26. The molecule has 0 saturated heterocycles. The van der Waals surface area contributed by atoms with Crippen LogP contribution in [0.25, 0.3) is 11.1 Å². The molecule has 0 fully saturated rings. The van der Waals surface area contributed by atoms with Crippen LogP contribution in [-0.4, -0.2) is 18.1 Å². The fourth-order valence-electron chi connectivity index (χ4n) is 2.84. The monoisotopic (exact) mass is 381 g/mol. The summed E-state index contributed by atoms with van der Waals surface area (Å²) >= 11 is 0. The molecule has 0 atom stereocenters. The third-order valence-electron chi connectivity index (χ3n) is 4.10. The molecule has 8 heteroatoms. The van der Waals surface area contributed by atoms with Crippen molar-refractivity contribution in [2.45, 2.75) is 19.4 Å². The van der Waals surface area contributed by atoms with E-state index in [9.17, 15) is 26.7 Å². The average molecular weight is 381 g/mol. The van der Waals surface area contributed by atoms with E-state index in [1.807, 2.05) is 0 Å². The minimum Gasteiger partial charge on any atom is -0.476 e. The Morgan fingerprint density at radius 1 is 1.04 bits per heavy atom. The molecule has 0 aromatic heterocycles. The SMILES string of the molecule is C#CCN1C(=O)C(C)(C)Oc2cc(F)c(-c3c(F)cc(F)c(F)c3F)cc21. The van der Waals surface area contributed by atoms with Gasteiger partial charge in [-0.15, -0.1) is 6.42 Å². The highest BCUT2D eigenvalue weighted by atomic mass is 19.2. The Hall–Kier alpha value is -3.08. The van der Waals surface area contributed by atoms with Crippen LogP contribution in [0.4, 0.5) is 27.6 Å². The maximum atomic E-state index is 14.5. The predicted molar refractivity (Wildman–Crippen MR) is 87.6 cm³/mol. The highest BCUT2D eigenvalue weighted by molar-refractivity contribution is 6.03. The molecular formula is C19H12F5NO2. The van der Waals surface area contributed by atoms with Crippen molar-refractivity contribution >= 4 is 11.6 Å². The van der Waals surface area contributed by atoms with Gasteiger partial charge in [0.25, 0.3) is 5.91 Å². The standard InChI is InChI=1S/C19H12F5NO2/c1-4-5-25-13-6-9(15-11(21)7-12(22)16(23)17(15)24)10(20)8-14(13)27-19(2,3)18(25)26/h1,6-8H,5H2,2-3H3. The van der Waals surface area contributed by atoms with Crippen molar-refractivity contribution in [2.24, 2.45) is 0 Å².